The standard InChI is InChI=1S/C25H33F3N6/c1-14(2)34-22(11-21(31-34)15-8-20(25(26,27)28)24(29)30-12-15)23-18-9-17(10-19(18)23)33-7-6-32-5-3-4-16(32)13-33/h8,11-12,14,16-19,23H,3-7,9-10,13H2,1-2H3,(H2,29,30)/t16?,17-,18-,19+,23+. The quantitative estimate of drug-likeness (QED) is 0.712. The first kappa shape index (κ1) is 22.3. The van der Waals surface area contributed by atoms with Gasteiger partial charge in [-0.1, -0.05) is 0 Å². The molecule has 6 rings (SSSR count). The molecule has 0 amide bonds. The van der Waals surface area contributed by atoms with Crippen LogP contribution in [-0.4, -0.2) is 62.8 Å². The zero-order valence-corrected chi connectivity index (χ0v) is 19.8. The average molecular weight is 475 g/mol. The van der Waals surface area contributed by atoms with Gasteiger partial charge in [0.05, 0.1) is 11.3 Å². The van der Waals surface area contributed by atoms with Crippen molar-refractivity contribution in [2.75, 3.05) is 31.9 Å². The van der Waals surface area contributed by atoms with Crippen LogP contribution in [0.1, 0.15) is 62.7 Å². The van der Waals surface area contributed by atoms with Crippen LogP contribution in [0.25, 0.3) is 11.3 Å². The van der Waals surface area contributed by atoms with Gasteiger partial charge in [0.2, 0.25) is 0 Å². The zero-order chi connectivity index (χ0) is 23.8. The Bertz CT molecular complexity index is 1070. The van der Waals surface area contributed by atoms with E-state index < -0.39 is 17.6 Å². The average Bonchev–Trinajstić information content (AvgIpc) is 3.26. The predicted molar refractivity (Wildman–Crippen MR) is 124 cm³/mol. The number of piperazine rings is 1. The minimum atomic E-state index is -4.54. The van der Waals surface area contributed by atoms with Crippen LogP contribution < -0.4 is 5.73 Å². The Kier molecular flexibility index (Phi) is 5.22. The predicted octanol–water partition coefficient (Wildman–Crippen LogP) is 4.40. The van der Waals surface area contributed by atoms with Crippen molar-refractivity contribution in [2.45, 2.75) is 69.8 Å². The summed E-state index contributed by atoms with van der Waals surface area (Å²) in [6.07, 6.45) is 1.98. The van der Waals surface area contributed by atoms with Gasteiger partial charge in [0, 0.05) is 61.1 Å². The third-order valence-corrected chi connectivity index (χ3v) is 8.67. The van der Waals surface area contributed by atoms with Crippen molar-refractivity contribution in [3.8, 4) is 11.3 Å². The molecular weight excluding hydrogens is 441 g/mol. The van der Waals surface area contributed by atoms with Crippen molar-refractivity contribution in [3.05, 3.63) is 29.6 Å². The Morgan fingerprint density at radius 1 is 1.03 bits per heavy atom. The van der Waals surface area contributed by atoms with Crippen LogP contribution in [0, 0.1) is 11.8 Å². The van der Waals surface area contributed by atoms with Crippen molar-refractivity contribution in [2.24, 2.45) is 11.8 Å². The van der Waals surface area contributed by atoms with Gasteiger partial charge in [-0.3, -0.25) is 14.5 Å². The summed E-state index contributed by atoms with van der Waals surface area (Å²) in [6, 6.07) is 4.63. The fourth-order valence-corrected chi connectivity index (χ4v) is 6.95. The van der Waals surface area contributed by atoms with E-state index in [2.05, 4.69) is 28.6 Å². The van der Waals surface area contributed by atoms with Gasteiger partial charge in [0.25, 0.3) is 0 Å². The number of halogens is 3. The summed E-state index contributed by atoms with van der Waals surface area (Å²) in [5, 5.41) is 4.72. The lowest BCUT2D eigenvalue weighted by Gasteiger charge is -2.41. The number of anilines is 1. The summed E-state index contributed by atoms with van der Waals surface area (Å²) in [5.74, 6) is 1.27. The highest BCUT2D eigenvalue weighted by atomic mass is 19.4. The summed E-state index contributed by atoms with van der Waals surface area (Å²) < 4.78 is 42.1. The number of pyridine rings is 1. The first-order chi connectivity index (χ1) is 16.2. The Labute approximate surface area is 198 Å². The van der Waals surface area contributed by atoms with E-state index in [9.17, 15) is 13.2 Å². The molecule has 0 bridgehead atoms. The van der Waals surface area contributed by atoms with E-state index >= 15 is 0 Å². The van der Waals surface area contributed by atoms with Gasteiger partial charge in [-0.25, -0.2) is 4.98 Å². The number of nitrogens with two attached hydrogens (primary N) is 1. The van der Waals surface area contributed by atoms with Gasteiger partial charge in [-0.05, 0) is 70.0 Å². The molecular formula is C25H33F3N6. The van der Waals surface area contributed by atoms with Crippen LogP contribution >= 0.6 is 0 Å². The largest absolute Gasteiger partial charge is 0.419 e. The normalized spacial score (nSPS) is 31.8. The van der Waals surface area contributed by atoms with Crippen molar-refractivity contribution >= 4 is 5.82 Å². The minimum Gasteiger partial charge on any atom is -0.383 e. The smallest absolute Gasteiger partial charge is 0.383 e. The lowest BCUT2D eigenvalue weighted by molar-refractivity contribution is -0.137. The summed E-state index contributed by atoms with van der Waals surface area (Å²) in [6.45, 7) is 9.03. The molecule has 2 aromatic heterocycles. The molecule has 2 saturated carbocycles. The zero-order valence-electron chi connectivity index (χ0n) is 19.8. The molecule has 1 unspecified atom stereocenters. The summed E-state index contributed by atoms with van der Waals surface area (Å²) >= 11 is 0. The molecule has 0 spiro atoms. The van der Waals surface area contributed by atoms with E-state index in [1.165, 1.54) is 58.1 Å². The van der Waals surface area contributed by atoms with E-state index in [1.807, 2.05) is 10.7 Å². The van der Waals surface area contributed by atoms with E-state index in [-0.39, 0.29) is 6.04 Å². The first-order valence-corrected chi connectivity index (χ1v) is 12.6. The Morgan fingerprint density at radius 2 is 1.76 bits per heavy atom. The first-order valence-electron chi connectivity index (χ1n) is 12.6. The van der Waals surface area contributed by atoms with Crippen LogP contribution in [0.3, 0.4) is 0 Å². The van der Waals surface area contributed by atoms with E-state index in [0.29, 0.717) is 35.1 Å². The highest BCUT2D eigenvalue weighted by molar-refractivity contribution is 5.63. The molecule has 5 atom stereocenters. The molecule has 0 radical (unpaired) electrons. The molecule has 6 nitrogen and oxygen atoms in total. The number of nitrogen functional groups attached to an aromatic ring is 1. The van der Waals surface area contributed by atoms with Crippen LogP contribution in [-0.2, 0) is 6.18 Å². The summed E-state index contributed by atoms with van der Waals surface area (Å²) in [5.41, 5.74) is 6.65. The number of aromatic nitrogens is 3. The minimum absolute atomic E-state index is 0.139. The van der Waals surface area contributed by atoms with E-state index in [1.54, 1.807) is 0 Å². The Morgan fingerprint density at radius 3 is 2.47 bits per heavy atom. The number of alkyl halides is 3. The molecule has 2 aliphatic heterocycles. The molecule has 0 aromatic carbocycles. The van der Waals surface area contributed by atoms with Crippen molar-refractivity contribution in [1.29, 1.82) is 0 Å². The van der Waals surface area contributed by atoms with Crippen LogP contribution in [0.5, 0.6) is 0 Å². The molecule has 2 saturated heterocycles. The topological polar surface area (TPSA) is 63.2 Å². The van der Waals surface area contributed by atoms with Gasteiger partial charge in [0.15, 0.2) is 0 Å². The molecule has 34 heavy (non-hydrogen) atoms. The molecule has 9 heteroatoms. The third-order valence-electron chi connectivity index (χ3n) is 8.67. The molecule has 2 N–H and O–H groups in total. The highest BCUT2D eigenvalue weighted by Gasteiger charge is 2.59. The molecule has 2 aliphatic carbocycles. The monoisotopic (exact) mass is 474 g/mol. The SMILES string of the molecule is CC(C)n1nc(-c2cnc(N)c(C(F)(F)F)c2)cc1[C@H]1[C@@H]2C[C@@H](N3CCN4CCCC4C3)C[C@@H]21. The molecule has 2 aromatic rings. The van der Waals surface area contributed by atoms with Crippen molar-refractivity contribution in [1.82, 2.24) is 24.6 Å². The van der Waals surface area contributed by atoms with Gasteiger partial charge in [-0.15, -0.1) is 0 Å². The van der Waals surface area contributed by atoms with Gasteiger partial charge >= 0.3 is 6.18 Å². The summed E-state index contributed by atoms with van der Waals surface area (Å²) in [7, 11) is 0. The molecule has 4 fully saturated rings. The maximum atomic E-state index is 13.4. The number of nitrogens with zero attached hydrogens (tertiary/aromatic N) is 5. The second-order valence-electron chi connectivity index (χ2n) is 11.0. The lowest BCUT2D eigenvalue weighted by Crippen LogP contribution is -2.53. The molecule has 184 valence electrons. The highest BCUT2D eigenvalue weighted by Crippen LogP contribution is 2.64. The summed E-state index contributed by atoms with van der Waals surface area (Å²) in [4.78, 5) is 9.20. The second kappa shape index (κ2) is 7.95. The second-order valence-corrected chi connectivity index (χ2v) is 11.0. The van der Waals surface area contributed by atoms with Crippen molar-refractivity contribution < 1.29 is 13.2 Å². The fraction of sp³-hybridized carbons (Fsp3) is 0.680. The van der Waals surface area contributed by atoms with Gasteiger partial charge in [0.1, 0.15) is 5.82 Å². The van der Waals surface area contributed by atoms with Crippen LogP contribution in [0.4, 0.5) is 19.0 Å². The van der Waals surface area contributed by atoms with E-state index in [4.69, 9.17) is 10.8 Å². The van der Waals surface area contributed by atoms with Crippen LogP contribution in [0.2, 0.25) is 0 Å². The maximum absolute atomic E-state index is 13.4. The van der Waals surface area contributed by atoms with Crippen molar-refractivity contribution in [3.63, 3.8) is 0 Å². The number of rotatable bonds is 4. The number of hydrogen-bond acceptors (Lipinski definition) is 5. The van der Waals surface area contributed by atoms with E-state index in [0.717, 1.165) is 17.8 Å². The van der Waals surface area contributed by atoms with Gasteiger partial charge < -0.3 is 5.73 Å². The lowest BCUT2D eigenvalue weighted by atomic mass is 10.0. The molecule has 4 heterocycles. The maximum Gasteiger partial charge on any atom is 0.419 e. The fourth-order valence-electron chi connectivity index (χ4n) is 6.95. The Hall–Kier alpha value is -2.13. The molecule has 4 aliphatic rings. The van der Waals surface area contributed by atoms with Crippen LogP contribution in [0.15, 0.2) is 18.3 Å². The third kappa shape index (κ3) is 3.71. The Balaban J connectivity index is 1.20. The number of hydrogen-bond donors (Lipinski definition) is 1. The number of fused-ring (bicyclic) bond motifs is 2. The van der Waals surface area contributed by atoms with Gasteiger partial charge in [-0.2, -0.15) is 18.3 Å².